The first-order valence-corrected chi connectivity index (χ1v) is 4.91. The Morgan fingerprint density at radius 2 is 2.23 bits per heavy atom. The largest absolute Gasteiger partial charge is 0.353 e. The maximum atomic E-state index is 4.41. The zero-order valence-corrected chi connectivity index (χ0v) is 8.54. The van der Waals surface area contributed by atoms with Gasteiger partial charge < -0.3 is 9.88 Å². The van der Waals surface area contributed by atoms with Crippen LogP contribution in [0, 0.1) is 12.8 Å². The minimum Gasteiger partial charge on any atom is -0.353 e. The molecule has 1 aromatic rings. The Balaban J connectivity index is 1.98. The van der Waals surface area contributed by atoms with Crippen molar-refractivity contribution >= 4 is 5.95 Å². The van der Waals surface area contributed by atoms with E-state index in [1.807, 2.05) is 20.2 Å². The summed E-state index contributed by atoms with van der Waals surface area (Å²) in [4.78, 5) is 4.41. The van der Waals surface area contributed by atoms with Crippen molar-refractivity contribution in [1.29, 1.82) is 0 Å². The molecular formula is C10H17N3. The molecule has 0 aliphatic heterocycles. The molecule has 2 rings (SSSR count). The summed E-state index contributed by atoms with van der Waals surface area (Å²) in [5, 5.41) is 3.45. The first-order chi connectivity index (χ1) is 6.15. The second-order valence-corrected chi connectivity index (χ2v) is 4.23. The SMILES string of the molecule is Cc1cn(C)c(NC2CC(C)C2)n1. The van der Waals surface area contributed by atoms with Gasteiger partial charge in [0.1, 0.15) is 0 Å². The van der Waals surface area contributed by atoms with E-state index in [4.69, 9.17) is 0 Å². The average Bonchev–Trinajstić information content (AvgIpc) is 2.27. The van der Waals surface area contributed by atoms with Crippen molar-refractivity contribution in [3.8, 4) is 0 Å². The van der Waals surface area contributed by atoms with E-state index >= 15 is 0 Å². The third-order valence-electron chi connectivity index (χ3n) is 2.70. The summed E-state index contributed by atoms with van der Waals surface area (Å²) in [7, 11) is 2.03. The van der Waals surface area contributed by atoms with E-state index in [2.05, 4.69) is 21.8 Å². The number of aryl methyl sites for hydroxylation is 2. The molecule has 3 nitrogen and oxygen atoms in total. The molecule has 0 spiro atoms. The van der Waals surface area contributed by atoms with Gasteiger partial charge in [-0.15, -0.1) is 0 Å². The molecule has 0 saturated heterocycles. The maximum Gasteiger partial charge on any atom is 0.202 e. The Labute approximate surface area is 79.2 Å². The second-order valence-electron chi connectivity index (χ2n) is 4.23. The zero-order chi connectivity index (χ0) is 9.42. The highest BCUT2D eigenvalue weighted by Crippen LogP contribution is 2.28. The normalized spacial score (nSPS) is 27.0. The van der Waals surface area contributed by atoms with Gasteiger partial charge in [0.05, 0.1) is 5.69 Å². The highest BCUT2D eigenvalue weighted by Gasteiger charge is 2.25. The maximum absolute atomic E-state index is 4.41. The number of rotatable bonds is 2. The van der Waals surface area contributed by atoms with E-state index < -0.39 is 0 Å². The molecule has 0 aromatic carbocycles. The fourth-order valence-electron chi connectivity index (χ4n) is 1.95. The molecule has 1 heterocycles. The fraction of sp³-hybridized carbons (Fsp3) is 0.700. The lowest BCUT2D eigenvalue weighted by molar-refractivity contribution is 0.307. The van der Waals surface area contributed by atoms with Crippen LogP contribution in [-0.2, 0) is 7.05 Å². The summed E-state index contributed by atoms with van der Waals surface area (Å²) < 4.78 is 2.05. The van der Waals surface area contributed by atoms with Crippen molar-refractivity contribution in [2.75, 3.05) is 5.32 Å². The van der Waals surface area contributed by atoms with Gasteiger partial charge in [-0.3, -0.25) is 0 Å². The van der Waals surface area contributed by atoms with Gasteiger partial charge in [0.2, 0.25) is 5.95 Å². The number of anilines is 1. The Morgan fingerprint density at radius 1 is 1.54 bits per heavy atom. The number of nitrogens with zero attached hydrogens (tertiary/aromatic N) is 2. The smallest absolute Gasteiger partial charge is 0.202 e. The third-order valence-corrected chi connectivity index (χ3v) is 2.70. The first-order valence-electron chi connectivity index (χ1n) is 4.91. The van der Waals surface area contributed by atoms with Gasteiger partial charge in [-0.1, -0.05) is 6.92 Å². The molecule has 0 bridgehead atoms. The van der Waals surface area contributed by atoms with Gasteiger partial charge in [0.15, 0.2) is 0 Å². The Morgan fingerprint density at radius 3 is 2.69 bits per heavy atom. The zero-order valence-electron chi connectivity index (χ0n) is 8.54. The number of aromatic nitrogens is 2. The third kappa shape index (κ3) is 1.69. The summed E-state index contributed by atoms with van der Waals surface area (Å²) >= 11 is 0. The molecule has 0 amide bonds. The minimum absolute atomic E-state index is 0.649. The van der Waals surface area contributed by atoms with Gasteiger partial charge in [-0.25, -0.2) is 4.98 Å². The molecule has 1 fully saturated rings. The Hall–Kier alpha value is -0.990. The van der Waals surface area contributed by atoms with Crippen LogP contribution >= 0.6 is 0 Å². The highest BCUT2D eigenvalue weighted by molar-refractivity contribution is 5.30. The molecular weight excluding hydrogens is 162 g/mol. The lowest BCUT2D eigenvalue weighted by atomic mass is 9.82. The fourth-order valence-corrected chi connectivity index (χ4v) is 1.95. The summed E-state index contributed by atoms with van der Waals surface area (Å²) in [6, 6.07) is 0.649. The number of nitrogens with one attached hydrogen (secondary N) is 1. The summed E-state index contributed by atoms with van der Waals surface area (Å²) in [5.74, 6) is 1.90. The number of hydrogen-bond donors (Lipinski definition) is 1. The van der Waals surface area contributed by atoms with Gasteiger partial charge >= 0.3 is 0 Å². The summed E-state index contributed by atoms with van der Waals surface area (Å²) in [6.45, 7) is 4.32. The second kappa shape index (κ2) is 3.05. The molecule has 13 heavy (non-hydrogen) atoms. The van der Waals surface area contributed by atoms with Crippen molar-refractivity contribution < 1.29 is 0 Å². The van der Waals surface area contributed by atoms with Crippen molar-refractivity contribution in [2.24, 2.45) is 13.0 Å². The molecule has 0 unspecified atom stereocenters. The Bertz CT molecular complexity index is 297. The van der Waals surface area contributed by atoms with E-state index in [0.717, 1.165) is 17.6 Å². The van der Waals surface area contributed by atoms with Crippen LogP contribution in [0.3, 0.4) is 0 Å². The molecule has 72 valence electrons. The van der Waals surface area contributed by atoms with Crippen molar-refractivity contribution in [2.45, 2.75) is 32.7 Å². The quantitative estimate of drug-likeness (QED) is 0.752. The van der Waals surface area contributed by atoms with Gasteiger partial charge in [0, 0.05) is 19.3 Å². The van der Waals surface area contributed by atoms with Crippen LogP contribution in [0.4, 0.5) is 5.95 Å². The van der Waals surface area contributed by atoms with E-state index in [9.17, 15) is 0 Å². The highest BCUT2D eigenvalue weighted by atomic mass is 15.2. The molecule has 1 N–H and O–H groups in total. The van der Waals surface area contributed by atoms with Gasteiger partial charge in [-0.2, -0.15) is 0 Å². The van der Waals surface area contributed by atoms with E-state index in [1.54, 1.807) is 0 Å². The van der Waals surface area contributed by atoms with Crippen LogP contribution in [0.2, 0.25) is 0 Å². The average molecular weight is 179 g/mol. The van der Waals surface area contributed by atoms with Crippen LogP contribution in [0.1, 0.15) is 25.5 Å². The molecule has 1 aliphatic rings. The lowest BCUT2D eigenvalue weighted by Gasteiger charge is -2.33. The van der Waals surface area contributed by atoms with Crippen LogP contribution < -0.4 is 5.32 Å². The number of imidazole rings is 1. The summed E-state index contributed by atoms with van der Waals surface area (Å²) in [5.41, 5.74) is 1.08. The number of hydrogen-bond acceptors (Lipinski definition) is 2. The molecule has 0 radical (unpaired) electrons. The molecule has 3 heteroatoms. The van der Waals surface area contributed by atoms with Crippen LogP contribution in [0.5, 0.6) is 0 Å². The predicted octanol–water partition coefficient (Wildman–Crippen LogP) is 1.94. The summed E-state index contributed by atoms with van der Waals surface area (Å²) in [6.07, 6.45) is 4.61. The molecule has 1 aromatic heterocycles. The lowest BCUT2D eigenvalue weighted by Crippen LogP contribution is -2.34. The minimum atomic E-state index is 0.649. The topological polar surface area (TPSA) is 29.9 Å². The van der Waals surface area contributed by atoms with Crippen molar-refractivity contribution in [1.82, 2.24) is 9.55 Å². The molecule has 1 saturated carbocycles. The predicted molar refractivity (Wildman–Crippen MR) is 53.8 cm³/mol. The molecule has 0 atom stereocenters. The monoisotopic (exact) mass is 179 g/mol. The standard InChI is InChI=1S/C10H17N3/c1-7-4-9(5-7)12-10-11-8(2)6-13(10)3/h6-7,9H,4-5H2,1-3H3,(H,11,12). The van der Waals surface area contributed by atoms with Crippen LogP contribution in [-0.4, -0.2) is 15.6 Å². The van der Waals surface area contributed by atoms with Crippen molar-refractivity contribution in [3.05, 3.63) is 11.9 Å². The van der Waals surface area contributed by atoms with Crippen LogP contribution in [0.15, 0.2) is 6.20 Å². The van der Waals surface area contributed by atoms with E-state index in [1.165, 1.54) is 12.8 Å². The van der Waals surface area contributed by atoms with Crippen molar-refractivity contribution in [3.63, 3.8) is 0 Å². The van der Waals surface area contributed by atoms with Gasteiger partial charge in [-0.05, 0) is 25.7 Å². The van der Waals surface area contributed by atoms with Crippen LogP contribution in [0.25, 0.3) is 0 Å². The first kappa shape index (κ1) is 8.60. The van der Waals surface area contributed by atoms with E-state index in [-0.39, 0.29) is 0 Å². The molecule has 1 aliphatic carbocycles. The van der Waals surface area contributed by atoms with E-state index in [0.29, 0.717) is 6.04 Å². The van der Waals surface area contributed by atoms with Gasteiger partial charge in [0.25, 0.3) is 0 Å². The Kier molecular flexibility index (Phi) is 2.02.